The zero-order chi connectivity index (χ0) is 8.69. The molecule has 0 N–H and O–H groups in total. The van der Waals surface area contributed by atoms with Gasteiger partial charge in [0.15, 0.2) is 0 Å². The molecular formula is C7H13ClO4. The van der Waals surface area contributed by atoms with Crippen molar-refractivity contribution in [3.8, 4) is 0 Å². The maximum atomic E-state index is 10.6. The third kappa shape index (κ3) is 7.34. The molecule has 0 unspecified atom stereocenters. The number of hydrogen-bond acceptors (Lipinski definition) is 4. The van der Waals surface area contributed by atoms with E-state index < -0.39 is 11.9 Å². The van der Waals surface area contributed by atoms with Crippen LogP contribution in [0.15, 0.2) is 0 Å². The highest BCUT2D eigenvalue weighted by molar-refractivity contribution is 5.91. The Kier molecular flexibility index (Phi) is 9.57. The second-order valence-corrected chi connectivity index (χ2v) is 1.79. The first-order valence-corrected chi connectivity index (χ1v) is 3.52. The molecule has 0 rings (SSSR count). The van der Waals surface area contributed by atoms with Crippen LogP contribution in [0, 0.1) is 0 Å². The zero-order valence-corrected chi connectivity index (χ0v) is 7.98. The molecule has 0 aromatic carbocycles. The summed E-state index contributed by atoms with van der Waals surface area (Å²) in [6, 6.07) is 0. The lowest BCUT2D eigenvalue weighted by Crippen LogP contribution is -2.13. The molecule has 0 fully saturated rings. The van der Waals surface area contributed by atoms with E-state index >= 15 is 0 Å². The fourth-order valence-electron chi connectivity index (χ4n) is 0.542. The molecule has 0 heterocycles. The van der Waals surface area contributed by atoms with Gasteiger partial charge in [-0.3, -0.25) is 9.59 Å². The lowest BCUT2D eigenvalue weighted by molar-refractivity contribution is -0.153. The third-order valence-corrected chi connectivity index (χ3v) is 0.899. The first-order chi connectivity index (χ1) is 5.20. The maximum Gasteiger partial charge on any atom is 0.317 e. The van der Waals surface area contributed by atoms with E-state index in [1.165, 1.54) is 0 Å². The summed E-state index contributed by atoms with van der Waals surface area (Å²) in [5.41, 5.74) is 0. The predicted molar refractivity (Wildman–Crippen MR) is 45.1 cm³/mol. The number of carbonyl (C=O) groups excluding carboxylic acids is 2. The van der Waals surface area contributed by atoms with Crippen LogP contribution in [0.2, 0.25) is 0 Å². The zero-order valence-electron chi connectivity index (χ0n) is 7.16. The molecule has 0 aliphatic heterocycles. The number of halogens is 1. The maximum absolute atomic E-state index is 10.6. The highest BCUT2D eigenvalue weighted by Gasteiger charge is 2.09. The second kappa shape index (κ2) is 8.33. The molecule has 0 saturated carbocycles. The molecular weight excluding hydrogens is 184 g/mol. The smallest absolute Gasteiger partial charge is 0.317 e. The highest BCUT2D eigenvalue weighted by Crippen LogP contribution is 1.89. The van der Waals surface area contributed by atoms with Crippen LogP contribution >= 0.6 is 12.4 Å². The molecule has 0 radical (unpaired) electrons. The Morgan fingerprint density at radius 3 is 1.58 bits per heavy atom. The minimum atomic E-state index is -0.536. The van der Waals surface area contributed by atoms with Crippen molar-refractivity contribution in [2.24, 2.45) is 0 Å². The fraction of sp³-hybridized carbons (Fsp3) is 0.714. The van der Waals surface area contributed by atoms with Crippen LogP contribution in [-0.2, 0) is 19.1 Å². The molecule has 0 aromatic heterocycles. The molecule has 4 nitrogen and oxygen atoms in total. The van der Waals surface area contributed by atoms with Gasteiger partial charge in [0, 0.05) is 0 Å². The molecule has 0 aliphatic rings. The molecule has 0 spiro atoms. The van der Waals surface area contributed by atoms with Gasteiger partial charge < -0.3 is 9.47 Å². The number of hydrogen-bond donors (Lipinski definition) is 0. The Balaban J connectivity index is 0. The quantitative estimate of drug-likeness (QED) is 0.496. The molecule has 0 atom stereocenters. The van der Waals surface area contributed by atoms with Crippen molar-refractivity contribution in [1.82, 2.24) is 0 Å². The summed E-state index contributed by atoms with van der Waals surface area (Å²) in [5, 5.41) is 0. The van der Waals surface area contributed by atoms with Gasteiger partial charge in [-0.2, -0.15) is 0 Å². The van der Waals surface area contributed by atoms with E-state index in [0.717, 1.165) is 0 Å². The minimum absolute atomic E-state index is 0. The number of esters is 2. The van der Waals surface area contributed by atoms with Gasteiger partial charge in [0.25, 0.3) is 0 Å². The van der Waals surface area contributed by atoms with E-state index in [1.807, 2.05) is 0 Å². The van der Waals surface area contributed by atoms with E-state index in [1.54, 1.807) is 13.8 Å². The lowest BCUT2D eigenvalue weighted by atomic mass is 10.4. The van der Waals surface area contributed by atoms with E-state index in [2.05, 4.69) is 9.47 Å². The summed E-state index contributed by atoms with van der Waals surface area (Å²) in [5.74, 6) is -1.07. The van der Waals surface area contributed by atoms with E-state index in [-0.39, 0.29) is 32.0 Å². The number of carbonyl (C=O) groups is 2. The third-order valence-electron chi connectivity index (χ3n) is 0.899. The van der Waals surface area contributed by atoms with Crippen LogP contribution in [0.4, 0.5) is 0 Å². The molecule has 72 valence electrons. The summed E-state index contributed by atoms with van der Waals surface area (Å²) in [6.45, 7) is 3.95. The van der Waals surface area contributed by atoms with Crippen molar-refractivity contribution in [3.05, 3.63) is 0 Å². The summed E-state index contributed by atoms with van der Waals surface area (Å²) in [6.07, 6.45) is -0.290. The second-order valence-electron chi connectivity index (χ2n) is 1.79. The first kappa shape index (κ1) is 13.8. The van der Waals surface area contributed by atoms with E-state index in [4.69, 9.17) is 0 Å². The van der Waals surface area contributed by atoms with Crippen molar-refractivity contribution in [2.45, 2.75) is 20.3 Å². The van der Waals surface area contributed by atoms with Gasteiger partial charge >= 0.3 is 11.9 Å². The molecule has 0 bridgehead atoms. The van der Waals surface area contributed by atoms with Crippen LogP contribution < -0.4 is 0 Å². The largest absolute Gasteiger partial charge is 0.466 e. The predicted octanol–water partition coefficient (Wildman–Crippen LogP) is 0.924. The van der Waals surface area contributed by atoms with Gasteiger partial charge in [0.1, 0.15) is 6.42 Å². The van der Waals surface area contributed by atoms with Crippen LogP contribution in [0.1, 0.15) is 20.3 Å². The van der Waals surface area contributed by atoms with Crippen molar-refractivity contribution in [1.29, 1.82) is 0 Å². The van der Waals surface area contributed by atoms with E-state index in [0.29, 0.717) is 0 Å². The standard InChI is InChI=1S/C7H12O4.ClH/c1-3-10-6(8)5-7(9)11-4-2;/h3-5H2,1-2H3;1H. The summed E-state index contributed by atoms with van der Waals surface area (Å²) < 4.78 is 9.04. The lowest BCUT2D eigenvalue weighted by Gasteiger charge is -2.00. The molecule has 12 heavy (non-hydrogen) atoms. The van der Waals surface area contributed by atoms with Crippen LogP contribution in [0.25, 0.3) is 0 Å². The number of ether oxygens (including phenoxy) is 2. The molecule has 0 aliphatic carbocycles. The van der Waals surface area contributed by atoms with Crippen molar-refractivity contribution in [2.75, 3.05) is 13.2 Å². The normalized spacial score (nSPS) is 8.17. The Morgan fingerprint density at radius 1 is 1.00 bits per heavy atom. The SMILES string of the molecule is CCOC(=O)CC(=O)OCC.Cl. The average Bonchev–Trinajstić information content (AvgIpc) is 1.87. The van der Waals surface area contributed by atoms with Gasteiger partial charge in [0.05, 0.1) is 13.2 Å². The fourth-order valence-corrected chi connectivity index (χ4v) is 0.542. The van der Waals surface area contributed by atoms with Gasteiger partial charge in [-0.25, -0.2) is 0 Å². The van der Waals surface area contributed by atoms with Crippen molar-refractivity contribution in [3.63, 3.8) is 0 Å². The Labute approximate surface area is 77.6 Å². The summed E-state index contributed by atoms with van der Waals surface area (Å²) in [4.78, 5) is 21.2. The minimum Gasteiger partial charge on any atom is -0.466 e. The molecule has 0 amide bonds. The van der Waals surface area contributed by atoms with Gasteiger partial charge in [-0.1, -0.05) is 0 Å². The van der Waals surface area contributed by atoms with Gasteiger partial charge in [-0.05, 0) is 13.8 Å². The van der Waals surface area contributed by atoms with E-state index in [9.17, 15) is 9.59 Å². The van der Waals surface area contributed by atoms with Gasteiger partial charge in [0.2, 0.25) is 0 Å². The molecule has 0 saturated heterocycles. The average molecular weight is 197 g/mol. The Morgan fingerprint density at radius 2 is 1.33 bits per heavy atom. The van der Waals surface area contributed by atoms with Crippen LogP contribution in [0.5, 0.6) is 0 Å². The highest BCUT2D eigenvalue weighted by atomic mass is 35.5. The topological polar surface area (TPSA) is 52.6 Å². The summed E-state index contributed by atoms with van der Waals surface area (Å²) in [7, 11) is 0. The summed E-state index contributed by atoms with van der Waals surface area (Å²) >= 11 is 0. The van der Waals surface area contributed by atoms with Crippen molar-refractivity contribution < 1.29 is 19.1 Å². The van der Waals surface area contributed by atoms with Crippen LogP contribution in [-0.4, -0.2) is 25.2 Å². The monoisotopic (exact) mass is 196 g/mol. The van der Waals surface area contributed by atoms with Gasteiger partial charge in [-0.15, -0.1) is 12.4 Å². The first-order valence-electron chi connectivity index (χ1n) is 3.52. The number of rotatable bonds is 4. The van der Waals surface area contributed by atoms with Crippen LogP contribution in [0.3, 0.4) is 0 Å². The Hall–Kier alpha value is -0.770. The van der Waals surface area contributed by atoms with Crippen molar-refractivity contribution >= 4 is 24.3 Å². The molecule has 0 aromatic rings. The Bertz CT molecular complexity index is 130. The molecule has 5 heteroatoms.